The Kier molecular flexibility index (Phi) is 5.02. The zero-order valence-corrected chi connectivity index (χ0v) is 13.8. The summed E-state index contributed by atoms with van der Waals surface area (Å²) in [5, 5.41) is 22.3. The summed E-state index contributed by atoms with van der Waals surface area (Å²) in [6, 6.07) is 2.16. The largest absolute Gasteiger partial charge is 0.424 e. The Morgan fingerprint density at radius 3 is 2.09 bits per heavy atom. The van der Waals surface area contributed by atoms with E-state index < -0.39 is 20.9 Å². The van der Waals surface area contributed by atoms with Gasteiger partial charge in [-0.05, 0) is 17.6 Å². The molecule has 0 spiro atoms. The maximum absolute atomic E-state index is 11.3. The Morgan fingerprint density at radius 1 is 1.18 bits per heavy atom. The Morgan fingerprint density at radius 2 is 1.73 bits per heavy atom. The Hall–Kier alpha value is -2.29. The fourth-order valence-corrected chi connectivity index (χ4v) is 1.77. The van der Waals surface area contributed by atoms with Gasteiger partial charge in [0.05, 0.1) is 15.9 Å². The molecule has 0 amide bonds. The molecule has 0 saturated heterocycles. The fourth-order valence-electron chi connectivity index (χ4n) is 1.68. The van der Waals surface area contributed by atoms with Crippen molar-refractivity contribution in [3.8, 4) is 5.75 Å². The van der Waals surface area contributed by atoms with Gasteiger partial charge in [-0.25, -0.2) is 0 Å². The Balaban J connectivity index is 3.65. The third-order valence-corrected chi connectivity index (χ3v) is 3.27. The van der Waals surface area contributed by atoms with Crippen LogP contribution in [0.2, 0.25) is 0 Å². The second-order valence-electron chi connectivity index (χ2n) is 5.87. The topological polar surface area (TPSA) is 98.8 Å². The maximum Gasteiger partial charge on any atom is 0.318 e. The number of nitro benzene ring substituents is 2. The van der Waals surface area contributed by atoms with E-state index in [1.807, 2.05) is 0 Å². The first-order valence-corrected chi connectivity index (χ1v) is 6.72. The van der Waals surface area contributed by atoms with Crippen molar-refractivity contribution in [3.63, 3.8) is 0 Å². The van der Waals surface area contributed by atoms with Gasteiger partial charge in [0.1, 0.15) is 0 Å². The van der Waals surface area contributed by atoms with Gasteiger partial charge >= 0.3 is 5.69 Å². The second-order valence-corrected chi connectivity index (χ2v) is 6.22. The van der Waals surface area contributed by atoms with Gasteiger partial charge in [-0.2, -0.15) is 0 Å². The van der Waals surface area contributed by atoms with Crippen LogP contribution < -0.4 is 4.74 Å². The summed E-state index contributed by atoms with van der Waals surface area (Å²) < 4.78 is 5.45. The third-order valence-electron chi connectivity index (χ3n) is 2.82. The van der Waals surface area contributed by atoms with Gasteiger partial charge in [-0.1, -0.05) is 20.8 Å². The van der Waals surface area contributed by atoms with Gasteiger partial charge in [-0.3, -0.25) is 20.2 Å². The number of non-ortho nitro benzene ring substituents is 1. The van der Waals surface area contributed by atoms with Crippen LogP contribution in [-0.4, -0.2) is 34.0 Å². The first-order valence-electron chi connectivity index (χ1n) is 6.31. The number of hydrogen-bond acceptors (Lipinski definition) is 6. The van der Waals surface area contributed by atoms with E-state index in [2.05, 4.69) is 0 Å². The SMILES string of the molecule is CN(C)C(=S)Oc1c([N+](=O)[O-])cc([N+](=O)[O-])cc1C(C)(C)C. The van der Waals surface area contributed by atoms with Crippen LogP contribution in [0.3, 0.4) is 0 Å². The number of benzene rings is 1. The van der Waals surface area contributed by atoms with Crippen LogP contribution in [0.5, 0.6) is 5.75 Å². The third kappa shape index (κ3) is 3.88. The van der Waals surface area contributed by atoms with Gasteiger partial charge in [0.15, 0.2) is 0 Å². The van der Waals surface area contributed by atoms with Crippen LogP contribution in [0.15, 0.2) is 12.1 Å². The molecule has 0 aliphatic rings. The summed E-state index contributed by atoms with van der Waals surface area (Å²) in [5.74, 6) is -0.0678. The predicted molar refractivity (Wildman–Crippen MR) is 85.4 cm³/mol. The van der Waals surface area contributed by atoms with Gasteiger partial charge < -0.3 is 9.64 Å². The van der Waals surface area contributed by atoms with E-state index in [4.69, 9.17) is 17.0 Å². The number of nitrogens with zero attached hydrogens (tertiary/aromatic N) is 3. The standard InChI is InChI=1S/C13H17N3O5S/c1-13(2,3)9-6-8(15(17)18)7-10(16(19)20)11(9)21-12(22)14(4)5/h6-7H,1-5H3. The van der Waals surface area contributed by atoms with Crippen molar-refractivity contribution < 1.29 is 14.6 Å². The molecule has 0 saturated carbocycles. The van der Waals surface area contributed by atoms with Crippen molar-refractivity contribution in [2.24, 2.45) is 0 Å². The molecule has 1 rings (SSSR count). The molecule has 0 aliphatic carbocycles. The average molecular weight is 327 g/mol. The van der Waals surface area contributed by atoms with Crippen LogP contribution in [0, 0.1) is 20.2 Å². The summed E-state index contributed by atoms with van der Waals surface area (Å²) in [6.07, 6.45) is 0. The molecule has 0 aromatic heterocycles. The highest BCUT2D eigenvalue weighted by molar-refractivity contribution is 7.80. The molecule has 1 aromatic rings. The monoisotopic (exact) mass is 327 g/mol. The lowest BCUT2D eigenvalue weighted by atomic mass is 9.85. The van der Waals surface area contributed by atoms with Crippen molar-refractivity contribution in [1.82, 2.24) is 4.90 Å². The molecule has 0 aliphatic heterocycles. The van der Waals surface area contributed by atoms with E-state index in [1.165, 1.54) is 11.0 Å². The Bertz CT molecular complexity index is 637. The lowest BCUT2D eigenvalue weighted by molar-refractivity contribution is -0.394. The first-order chi connectivity index (χ1) is 9.95. The van der Waals surface area contributed by atoms with Crippen LogP contribution in [0.4, 0.5) is 11.4 Å². The highest BCUT2D eigenvalue weighted by atomic mass is 32.1. The zero-order chi connectivity index (χ0) is 17.2. The summed E-state index contributed by atoms with van der Waals surface area (Å²) in [6.45, 7) is 5.34. The van der Waals surface area contributed by atoms with E-state index in [0.29, 0.717) is 5.56 Å². The van der Waals surface area contributed by atoms with Gasteiger partial charge in [0.2, 0.25) is 5.75 Å². The van der Waals surface area contributed by atoms with Crippen LogP contribution in [0.25, 0.3) is 0 Å². The number of ether oxygens (including phenoxy) is 1. The van der Waals surface area contributed by atoms with E-state index in [0.717, 1.165) is 6.07 Å². The maximum atomic E-state index is 11.3. The van der Waals surface area contributed by atoms with Crippen LogP contribution in [-0.2, 0) is 5.41 Å². The molecular weight excluding hydrogens is 310 g/mol. The molecule has 0 atom stereocenters. The van der Waals surface area contributed by atoms with Crippen molar-refractivity contribution in [2.45, 2.75) is 26.2 Å². The highest BCUT2D eigenvalue weighted by Crippen LogP contribution is 2.41. The molecule has 0 bridgehead atoms. The predicted octanol–water partition coefficient (Wildman–Crippen LogP) is 3.03. The van der Waals surface area contributed by atoms with Crippen molar-refractivity contribution in [3.05, 3.63) is 37.9 Å². The minimum Gasteiger partial charge on any atom is -0.424 e. The molecule has 0 unspecified atom stereocenters. The molecule has 120 valence electrons. The lowest BCUT2D eigenvalue weighted by Gasteiger charge is -2.23. The van der Waals surface area contributed by atoms with Crippen LogP contribution >= 0.6 is 12.2 Å². The average Bonchev–Trinajstić information content (AvgIpc) is 2.36. The van der Waals surface area contributed by atoms with Crippen molar-refractivity contribution in [1.29, 1.82) is 0 Å². The van der Waals surface area contributed by atoms with Gasteiger partial charge in [0, 0.05) is 25.7 Å². The normalized spacial score (nSPS) is 11.0. The lowest BCUT2D eigenvalue weighted by Crippen LogP contribution is -2.27. The molecule has 1 aromatic carbocycles. The smallest absolute Gasteiger partial charge is 0.318 e. The van der Waals surface area contributed by atoms with Crippen molar-refractivity contribution in [2.75, 3.05) is 14.1 Å². The molecular formula is C13H17N3O5S. The van der Waals surface area contributed by atoms with Crippen molar-refractivity contribution >= 4 is 28.8 Å². The van der Waals surface area contributed by atoms with E-state index in [1.54, 1.807) is 34.9 Å². The molecule has 9 heteroatoms. The summed E-state index contributed by atoms with van der Waals surface area (Å²) in [5.41, 5.74) is -1.10. The number of hydrogen-bond donors (Lipinski definition) is 0. The minimum atomic E-state index is -0.712. The summed E-state index contributed by atoms with van der Waals surface area (Å²) in [7, 11) is 3.27. The molecule has 22 heavy (non-hydrogen) atoms. The van der Waals surface area contributed by atoms with E-state index >= 15 is 0 Å². The van der Waals surface area contributed by atoms with E-state index in [9.17, 15) is 20.2 Å². The highest BCUT2D eigenvalue weighted by Gasteiger charge is 2.32. The Labute approximate surface area is 133 Å². The molecule has 0 radical (unpaired) electrons. The fraction of sp³-hybridized carbons (Fsp3) is 0.462. The number of thiocarbonyl (C=S) groups is 1. The first kappa shape index (κ1) is 17.8. The number of nitro groups is 2. The van der Waals surface area contributed by atoms with Gasteiger partial charge in [-0.15, -0.1) is 0 Å². The quantitative estimate of drug-likeness (QED) is 0.478. The molecule has 0 heterocycles. The van der Waals surface area contributed by atoms with E-state index in [-0.39, 0.29) is 16.6 Å². The minimum absolute atomic E-state index is 0.0300. The summed E-state index contributed by atoms with van der Waals surface area (Å²) >= 11 is 5.02. The molecule has 8 nitrogen and oxygen atoms in total. The molecule has 0 N–H and O–H groups in total. The van der Waals surface area contributed by atoms with Gasteiger partial charge in [0.25, 0.3) is 10.9 Å². The molecule has 0 fully saturated rings. The van der Waals surface area contributed by atoms with Crippen LogP contribution in [0.1, 0.15) is 26.3 Å². The summed E-state index contributed by atoms with van der Waals surface area (Å²) in [4.78, 5) is 22.4. The number of rotatable bonds is 3. The second kappa shape index (κ2) is 6.22. The zero-order valence-electron chi connectivity index (χ0n) is 12.9.